The predicted octanol–water partition coefficient (Wildman–Crippen LogP) is 4.37. The summed E-state index contributed by atoms with van der Waals surface area (Å²) < 4.78 is 7.50. The van der Waals surface area contributed by atoms with E-state index in [1.807, 2.05) is 56.3 Å². The molecule has 1 aromatic carbocycles. The third kappa shape index (κ3) is 4.15. The van der Waals surface area contributed by atoms with Crippen LogP contribution in [0.4, 0.5) is 0 Å². The summed E-state index contributed by atoms with van der Waals surface area (Å²) in [7, 11) is 0. The molecule has 2 heterocycles. The van der Waals surface area contributed by atoms with Crippen molar-refractivity contribution in [3.05, 3.63) is 82.0 Å². The van der Waals surface area contributed by atoms with Crippen LogP contribution in [-0.2, 0) is 13.0 Å². The number of benzene rings is 1. The van der Waals surface area contributed by atoms with Gasteiger partial charge in [0.25, 0.3) is 5.91 Å². The zero-order valence-electron chi connectivity index (χ0n) is 14.4. The van der Waals surface area contributed by atoms with E-state index < -0.39 is 0 Å². The Kier molecular flexibility index (Phi) is 5.29. The lowest BCUT2D eigenvalue weighted by Crippen LogP contribution is -2.26. The van der Waals surface area contributed by atoms with Gasteiger partial charge in [0.2, 0.25) is 0 Å². The van der Waals surface area contributed by atoms with E-state index >= 15 is 0 Å². The summed E-state index contributed by atoms with van der Waals surface area (Å²) in [5.74, 6) is 0.815. The van der Waals surface area contributed by atoms with Gasteiger partial charge in [-0.25, -0.2) is 0 Å². The lowest BCUT2D eigenvalue weighted by Gasteiger charge is -2.09. The van der Waals surface area contributed by atoms with Crippen molar-refractivity contribution in [1.29, 1.82) is 0 Å². The molecule has 3 rings (SSSR count). The van der Waals surface area contributed by atoms with Gasteiger partial charge >= 0.3 is 0 Å². The van der Waals surface area contributed by atoms with Gasteiger partial charge in [-0.05, 0) is 56.2 Å². The van der Waals surface area contributed by atoms with E-state index in [1.165, 1.54) is 0 Å². The largest absolute Gasteiger partial charge is 0.467 e. The quantitative estimate of drug-likeness (QED) is 0.712. The fourth-order valence-corrected chi connectivity index (χ4v) is 3.15. The summed E-state index contributed by atoms with van der Waals surface area (Å²) in [6.45, 7) is 5.15. The van der Waals surface area contributed by atoms with Crippen molar-refractivity contribution >= 4 is 17.5 Å². The average Bonchev–Trinajstić information content (AvgIpc) is 3.18. The predicted molar refractivity (Wildman–Crippen MR) is 99.2 cm³/mol. The maximum atomic E-state index is 12.5. The molecule has 0 fully saturated rings. The highest BCUT2D eigenvalue weighted by atomic mass is 35.5. The minimum Gasteiger partial charge on any atom is -0.467 e. The Morgan fingerprint density at radius 3 is 2.76 bits per heavy atom. The highest BCUT2D eigenvalue weighted by Crippen LogP contribution is 2.17. The minimum absolute atomic E-state index is 0.0548. The Hall–Kier alpha value is -2.46. The second-order valence-corrected chi connectivity index (χ2v) is 6.52. The van der Waals surface area contributed by atoms with Crippen molar-refractivity contribution in [2.75, 3.05) is 6.54 Å². The molecule has 0 atom stereocenters. The SMILES string of the molecule is Cc1cc(C(=O)NCCc2cccc(Cl)c2)c(C)n1Cc1ccco1. The molecule has 0 radical (unpaired) electrons. The van der Waals surface area contributed by atoms with Gasteiger partial charge in [0.1, 0.15) is 5.76 Å². The Morgan fingerprint density at radius 1 is 1.20 bits per heavy atom. The molecule has 0 aliphatic heterocycles. The van der Waals surface area contributed by atoms with Crippen LogP contribution in [-0.4, -0.2) is 17.0 Å². The third-order valence-electron chi connectivity index (χ3n) is 4.30. The zero-order valence-corrected chi connectivity index (χ0v) is 15.1. The molecule has 5 heteroatoms. The van der Waals surface area contributed by atoms with Crippen LogP contribution in [0.1, 0.15) is 33.1 Å². The lowest BCUT2D eigenvalue weighted by molar-refractivity contribution is 0.0953. The molecule has 0 aliphatic rings. The van der Waals surface area contributed by atoms with E-state index in [0.29, 0.717) is 23.7 Å². The van der Waals surface area contributed by atoms with Crippen LogP contribution in [0.5, 0.6) is 0 Å². The molecule has 0 unspecified atom stereocenters. The molecule has 0 saturated heterocycles. The number of carbonyl (C=O) groups is 1. The van der Waals surface area contributed by atoms with Crippen LogP contribution in [0.2, 0.25) is 5.02 Å². The van der Waals surface area contributed by atoms with Gasteiger partial charge in [0.05, 0.1) is 18.4 Å². The standard InChI is InChI=1S/C20H21ClN2O2/c1-14-11-19(15(2)23(14)13-18-7-4-10-25-18)20(24)22-9-8-16-5-3-6-17(21)12-16/h3-7,10-12H,8-9,13H2,1-2H3,(H,22,24). The van der Waals surface area contributed by atoms with E-state index in [0.717, 1.165) is 29.1 Å². The number of rotatable bonds is 6. The van der Waals surface area contributed by atoms with Crippen molar-refractivity contribution in [2.24, 2.45) is 0 Å². The highest BCUT2D eigenvalue weighted by molar-refractivity contribution is 6.30. The monoisotopic (exact) mass is 356 g/mol. The Balaban J connectivity index is 1.64. The molecule has 1 N–H and O–H groups in total. The van der Waals surface area contributed by atoms with E-state index in [1.54, 1.807) is 6.26 Å². The molecule has 0 saturated carbocycles. The van der Waals surface area contributed by atoms with Crippen molar-refractivity contribution in [2.45, 2.75) is 26.8 Å². The molecule has 0 aliphatic carbocycles. The summed E-state index contributed by atoms with van der Waals surface area (Å²) in [6, 6.07) is 13.4. The Morgan fingerprint density at radius 2 is 2.04 bits per heavy atom. The highest BCUT2D eigenvalue weighted by Gasteiger charge is 2.16. The maximum Gasteiger partial charge on any atom is 0.253 e. The van der Waals surface area contributed by atoms with Gasteiger partial charge in [-0.1, -0.05) is 23.7 Å². The van der Waals surface area contributed by atoms with E-state index in [4.69, 9.17) is 16.0 Å². The second-order valence-electron chi connectivity index (χ2n) is 6.09. The molecule has 0 bridgehead atoms. The second kappa shape index (κ2) is 7.62. The number of nitrogens with zero attached hydrogens (tertiary/aromatic N) is 1. The van der Waals surface area contributed by atoms with Gasteiger partial charge in [-0.15, -0.1) is 0 Å². The van der Waals surface area contributed by atoms with E-state index in [2.05, 4.69) is 9.88 Å². The Bertz CT molecular complexity index is 866. The number of furan rings is 1. The first kappa shape index (κ1) is 17.4. The van der Waals surface area contributed by atoms with E-state index in [-0.39, 0.29) is 5.91 Å². The first-order valence-corrected chi connectivity index (χ1v) is 8.64. The smallest absolute Gasteiger partial charge is 0.253 e. The van der Waals surface area contributed by atoms with Gasteiger partial charge < -0.3 is 14.3 Å². The average molecular weight is 357 g/mol. The maximum absolute atomic E-state index is 12.5. The summed E-state index contributed by atoms with van der Waals surface area (Å²) in [5.41, 5.74) is 3.79. The van der Waals surface area contributed by atoms with Crippen molar-refractivity contribution in [3.63, 3.8) is 0 Å². The summed E-state index contributed by atoms with van der Waals surface area (Å²) in [5, 5.41) is 3.70. The number of amides is 1. The first-order chi connectivity index (χ1) is 12.0. The number of nitrogens with one attached hydrogen (secondary N) is 1. The number of halogens is 1. The van der Waals surface area contributed by atoms with Crippen LogP contribution in [0.25, 0.3) is 0 Å². The van der Waals surface area contributed by atoms with Crippen molar-refractivity contribution < 1.29 is 9.21 Å². The minimum atomic E-state index is -0.0548. The number of carbonyl (C=O) groups excluding carboxylic acids is 1. The molecular formula is C20H21ClN2O2. The third-order valence-corrected chi connectivity index (χ3v) is 4.54. The number of hydrogen-bond acceptors (Lipinski definition) is 2. The summed E-state index contributed by atoms with van der Waals surface area (Å²) in [4.78, 5) is 12.5. The number of aromatic nitrogens is 1. The molecule has 130 valence electrons. The molecular weight excluding hydrogens is 336 g/mol. The molecule has 4 nitrogen and oxygen atoms in total. The fraction of sp³-hybridized carbons (Fsp3) is 0.250. The zero-order chi connectivity index (χ0) is 17.8. The summed E-state index contributed by atoms with van der Waals surface area (Å²) >= 11 is 5.98. The van der Waals surface area contributed by atoms with Crippen LogP contribution < -0.4 is 5.32 Å². The number of aryl methyl sites for hydroxylation is 1. The van der Waals surface area contributed by atoms with Gasteiger partial charge in [-0.2, -0.15) is 0 Å². The molecule has 25 heavy (non-hydrogen) atoms. The van der Waals surface area contributed by atoms with Crippen LogP contribution in [0.3, 0.4) is 0 Å². The summed E-state index contributed by atoms with van der Waals surface area (Å²) in [6.07, 6.45) is 2.41. The van der Waals surface area contributed by atoms with Crippen molar-refractivity contribution in [1.82, 2.24) is 9.88 Å². The van der Waals surface area contributed by atoms with Gasteiger partial charge in [0, 0.05) is 23.0 Å². The van der Waals surface area contributed by atoms with Crippen LogP contribution in [0, 0.1) is 13.8 Å². The molecule has 0 spiro atoms. The molecule has 1 amide bonds. The first-order valence-electron chi connectivity index (χ1n) is 8.26. The number of hydrogen-bond donors (Lipinski definition) is 1. The van der Waals surface area contributed by atoms with Crippen LogP contribution in [0.15, 0.2) is 53.1 Å². The van der Waals surface area contributed by atoms with Gasteiger partial charge in [-0.3, -0.25) is 4.79 Å². The van der Waals surface area contributed by atoms with Gasteiger partial charge in [0.15, 0.2) is 0 Å². The molecule has 3 aromatic rings. The lowest BCUT2D eigenvalue weighted by atomic mass is 10.1. The topological polar surface area (TPSA) is 47.2 Å². The molecule has 2 aromatic heterocycles. The fourth-order valence-electron chi connectivity index (χ4n) is 2.94. The van der Waals surface area contributed by atoms with E-state index in [9.17, 15) is 4.79 Å². The Labute approximate surface area is 152 Å². The van der Waals surface area contributed by atoms with Crippen LogP contribution >= 0.6 is 11.6 Å². The van der Waals surface area contributed by atoms with Crippen molar-refractivity contribution in [3.8, 4) is 0 Å². The normalized spacial score (nSPS) is 10.8.